The number of anilines is 1. The van der Waals surface area contributed by atoms with E-state index in [0.717, 1.165) is 59.9 Å². The number of nitrogens with two attached hydrogens (primary N) is 1. The number of urea groups is 4. The van der Waals surface area contributed by atoms with Gasteiger partial charge in [0, 0.05) is 114 Å². The van der Waals surface area contributed by atoms with Crippen LogP contribution in [0.5, 0.6) is 28.7 Å². The Bertz CT molecular complexity index is 7610. The smallest absolute Gasteiger partial charge is 0.435 e. The third-order valence-electron chi connectivity index (χ3n) is 26.0. The first-order chi connectivity index (χ1) is 69.2. The number of nitrogens with zero attached hydrogens (tertiary/aromatic N) is 14. The van der Waals surface area contributed by atoms with E-state index in [4.69, 9.17) is 29.4 Å². The molecule has 8 aromatic carbocycles. The van der Waals surface area contributed by atoms with Crippen molar-refractivity contribution in [3.63, 3.8) is 0 Å². The normalized spacial score (nSPS) is 18.9. The largest absolute Gasteiger partial charge is 0.497 e. The Morgan fingerprint density at radius 3 is 1.08 bits per heavy atom. The molecule has 144 heavy (non-hydrogen) atoms. The number of nitrogens with one attached hydrogen (secondary N) is 8. The first-order valence-electron chi connectivity index (χ1n) is 44.3. The summed E-state index contributed by atoms with van der Waals surface area (Å²) in [5, 5.41) is 26.4. The van der Waals surface area contributed by atoms with Crippen molar-refractivity contribution in [2.45, 2.75) is 54.5 Å². The van der Waals surface area contributed by atoms with Crippen molar-refractivity contribution < 1.29 is 94.4 Å². The van der Waals surface area contributed by atoms with Gasteiger partial charge >= 0.3 is 30.3 Å². The van der Waals surface area contributed by atoms with Crippen LogP contribution in [0.25, 0.3) is 66.9 Å². The van der Waals surface area contributed by atoms with Crippen LogP contribution < -0.4 is 72.0 Å². The number of thiazole rings is 1. The molecule has 728 valence electrons. The Hall–Kier alpha value is -18.4. The maximum atomic E-state index is 13.4. The molecule has 4 atom stereocenters. The fourth-order valence-corrected chi connectivity index (χ4v) is 19.3. The molecule has 16 amide bonds. The number of alkyl halides is 3. The Balaban J connectivity index is 0.000000122. The van der Waals surface area contributed by atoms with Crippen LogP contribution in [-0.2, 0) is 87.8 Å². The van der Waals surface area contributed by atoms with Gasteiger partial charge < -0.3 is 74.9 Å². The van der Waals surface area contributed by atoms with Gasteiger partial charge in [-0.15, -0.1) is 11.3 Å². The van der Waals surface area contributed by atoms with E-state index in [2.05, 4.69) is 82.5 Å². The number of aromatic nitrogens is 10. The molecule has 4 saturated heterocycles. The van der Waals surface area contributed by atoms with E-state index in [9.17, 15) is 70.7 Å². The van der Waals surface area contributed by atoms with E-state index in [1.54, 1.807) is 178 Å². The summed E-state index contributed by atoms with van der Waals surface area (Å²) in [6.07, 6.45) is 4.62. The topological polar surface area (TPSA) is 499 Å². The molecule has 8 aliphatic heterocycles. The lowest BCUT2D eigenvalue weighted by molar-refractivity contribution is -0.141. The molecule has 0 unspecified atom stereocenters. The van der Waals surface area contributed by atoms with Crippen molar-refractivity contribution in [1.82, 2.24) is 111 Å². The summed E-state index contributed by atoms with van der Waals surface area (Å²) in [5.41, 5.74) is 11.4. The zero-order valence-corrected chi connectivity index (χ0v) is 78.2. The summed E-state index contributed by atoms with van der Waals surface area (Å²) in [4.78, 5) is 190. The molecule has 6 aromatic heterocycles. The number of ether oxygens (including phenoxy) is 5. The Morgan fingerprint density at radius 1 is 0.396 bits per heavy atom. The second-order valence-corrected chi connectivity index (χ2v) is 35.4. The summed E-state index contributed by atoms with van der Waals surface area (Å²) in [5.74, 6) is 0.954. The number of carbonyl (C=O) groups excluding carboxylic acids is 12. The first kappa shape index (κ1) is 94.6. The quantitative estimate of drug-likeness (QED) is 0.0285. The van der Waals surface area contributed by atoms with Gasteiger partial charge in [0.2, 0.25) is 0 Å². The number of halogens is 3. The SMILES string of the molecule is COc1ccc2c(c1)C(=O)N(C[C@@]1(c3ccc(-c4ccc(-c5nccs5)cn4)cc3)NC(=O)NC1=O)C2.COc1ccc2c(c1)C(=O)N(C[C@@]1(c3ccc(-c4cn(C)nc4C(F)(F)F)cc3)NC(=O)NC1=O)C2.COc1ccc2c(c1)C(=O)N(C[C@@]1(c3ccc(-c4nc5ncnc(N)c5n4C)cc3)NC(=O)NC1=O)C2.COc1cnc(-c2ccc([C@]3(CN4Cc5ccc(OC)cc5C4=O)NC(=O)NC3=O)cc2)nc1. The zero-order chi connectivity index (χ0) is 101. The van der Waals surface area contributed by atoms with Gasteiger partial charge in [-0.1, -0.05) is 121 Å². The van der Waals surface area contributed by atoms with E-state index in [1.165, 1.54) is 77.2 Å². The summed E-state index contributed by atoms with van der Waals surface area (Å²) < 4.78 is 69.2. The number of carbonyl (C=O) groups is 12. The van der Waals surface area contributed by atoms with Gasteiger partial charge in [0.05, 0.1) is 79.8 Å². The number of amides is 16. The highest BCUT2D eigenvalue weighted by atomic mass is 32.1. The lowest BCUT2D eigenvalue weighted by Crippen LogP contribution is -2.52. The van der Waals surface area contributed by atoms with Gasteiger partial charge in [0.25, 0.3) is 47.3 Å². The van der Waals surface area contributed by atoms with E-state index in [-0.39, 0.29) is 67.5 Å². The Labute approximate surface area is 818 Å². The Kier molecular flexibility index (Phi) is 24.6. The van der Waals surface area contributed by atoms with Crippen molar-refractivity contribution in [2.24, 2.45) is 14.1 Å². The molecule has 44 heteroatoms. The summed E-state index contributed by atoms with van der Waals surface area (Å²) in [6.45, 7) is 0.907. The van der Waals surface area contributed by atoms with Gasteiger partial charge in [-0.3, -0.25) is 69.3 Å². The number of benzene rings is 8. The summed E-state index contributed by atoms with van der Waals surface area (Å²) in [6, 6.07) is 49.4. The number of imidazole rings is 1. The third-order valence-corrected chi connectivity index (χ3v) is 26.8. The van der Waals surface area contributed by atoms with E-state index in [1.807, 2.05) is 54.9 Å². The molecule has 22 rings (SSSR count). The van der Waals surface area contributed by atoms with Crippen LogP contribution in [0.4, 0.5) is 38.2 Å². The van der Waals surface area contributed by atoms with E-state index in [0.29, 0.717) is 122 Å². The van der Waals surface area contributed by atoms with Crippen LogP contribution in [0.3, 0.4) is 0 Å². The molecular formula is C100H84F3N23O17S. The molecule has 10 N–H and O–H groups in total. The Morgan fingerprint density at radius 2 is 0.757 bits per heavy atom. The number of methoxy groups -OCH3 is 5. The highest BCUT2D eigenvalue weighted by Gasteiger charge is 2.56. The van der Waals surface area contributed by atoms with Crippen LogP contribution in [-0.4, -0.2) is 202 Å². The molecule has 0 spiro atoms. The zero-order valence-electron chi connectivity index (χ0n) is 77.3. The lowest BCUT2D eigenvalue weighted by atomic mass is 9.88. The number of fused-ring (bicyclic) bond motifs is 5. The van der Waals surface area contributed by atoms with Gasteiger partial charge in [-0.2, -0.15) is 18.3 Å². The van der Waals surface area contributed by atoms with Crippen molar-refractivity contribution in [2.75, 3.05) is 67.5 Å². The number of imide groups is 4. The minimum atomic E-state index is -4.65. The maximum absolute atomic E-state index is 13.4. The monoisotopic (exact) mass is 1970 g/mol. The van der Waals surface area contributed by atoms with Crippen LogP contribution in [0, 0.1) is 0 Å². The van der Waals surface area contributed by atoms with Crippen molar-refractivity contribution in [3.8, 4) is 84.5 Å². The first-order valence-corrected chi connectivity index (χ1v) is 45.2. The van der Waals surface area contributed by atoms with Crippen molar-refractivity contribution >= 4 is 99.7 Å². The summed E-state index contributed by atoms with van der Waals surface area (Å²) in [7, 11) is 10.8. The fraction of sp³-hybridized carbons (Fsp3) is 0.200. The average Bonchev–Trinajstić information content (AvgIpc) is 1.64. The molecule has 8 aliphatic rings. The minimum Gasteiger partial charge on any atom is -0.497 e. The van der Waals surface area contributed by atoms with Crippen LogP contribution in [0.1, 0.15) is 91.6 Å². The van der Waals surface area contributed by atoms with Gasteiger partial charge in [-0.05, 0) is 111 Å². The number of pyridine rings is 1. The predicted molar refractivity (Wildman–Crippen MR) is 509 cm³/mol. The molecule has 40 nitrogen and oxygen atoms in total. The van der Waals surface area contributed by atoms with Crippen LogP contribution in [0.2, 0.25) is 0 Å². The van der Waals surface area contributed by atoms with Crippen molar-refractivity contribution in [1.29, 1.82) is 0 Å². The fourth-order valence-electron chi connectivity index (χ4n) is 18.6. The minimum absolute atomic E-state index is 0.0134. The second kappa shape index (κ2) is 37.4. The van der Waals surface area contributed by atoms with Crippen LogP contribution >= 0.6 is 11.3 Å². The van der Waals surface area contributed by atoms with E-state index < -0.39 is 81.8 Å². The van der Waals surface area contributed by atoms with Gasteiger partial charge in [0.15, 0.2) is 50.9 Å². The van der Waals surface area contributed by atoms with E-state index >= 15 is 0 Å². The molecule has 0 radical (unpaired) electrons. The maximum Gasteiger partial charge on any atom is 0.435 e. The van der Waals surface area contributed by atoms with Crippen molar-refractivity contribution in [3.05, 3.63) is 297 Å². The highest BCUT2D eigenvalue weighted by molar-refractivity contribution is 7.13. The lowest BCUT2D eigenvalue weighted by Gasteiger charge is -2.31. The molecule has 0 bridgehead atoms. The number of aryl methyl sites for hydroxylation is 2. The second-order valence-electron chi connectivity index (χ2n) is 34.5. The molecule has 0 aliphatic carbocycles. The number of hydrogen-bond acceptors (Lipinski definition) is 27. The molecule has 14 heterocycles. The number of hydrogen-bond donors (Lipinski definition) is 9. The number of rotatable bonds is 22. The molecule has 0 saturated carbocycles. The number of nitrogen functional groups attached to an aromatic ring is 1. The highest BCUT2D eigenvalue weighted by Crippen LogP contribution is 2.43. The van der Waals surface area contributed by atoms with Crippen LogP contribution in [0.15, 0.2) is 225 Å². The summed E-state index contributed by atoms with van der Waals surface area (Å²) >= 11 is 1.55. The van der Waals surface area contributed by atoms with Gasteiger partial charge in [0.1, 0.15) is 45.7 Å². The molecule has 14 aromatic rings. The molecular weight excluding hydrogens is 1880 g/mol. The van der Waals surface area contributed by atoms with Gasteiger partial charge in [-0.25, -0.2) is 49.1 Å². The predicted octanol–water partition coefficient (Wildman–Crippen LogP) is 9.54. The molecule has 4 fully saturated rings. The third kappa shape index (κ3) is 17.4. The average molecular weight is 1970 g/mol. The standard InChI is InChI=1S/C27H21N5O4S.C25H22N8O4.C24H20F3N5O4.C24H21N5O5/c1-36-20-8-4-18-14-32(24(33)21(18)12-20)15-27(25(34)30-26(35)31-27)19-6-2-16(3-7-19)22-9-5-17(13-29-22)23-28-10-11-37-23;1-32-18-19(26)27-12-28-20(18)29-21(32)13-3-6-15(7-4-13)25(23(35)30-24(36)31-25)11-33-10-14-5-8-16(37-2)9-17(14)22(33)34;1-31-11-18(19(30-31)24(25,26)27)13-3-6-15(7-4-13)23(21(34)28-22(35)29-23)12-32-10-14-5-8-16(36-2)9-17(14)20(32)33;1-33-17-8-5-15-12-29(21(30)19(15)9-17)13-24(22(31)27-23(32)28-24)16-6-3-14(4-7-16)20-25-10-18(34-2)11-26-20/h2-13H,14-15H2,1H3,(H2,30,31,34,35);3-9,12H,10-11H2,1-2H3,(H2,26,27,28)(H2,30,31,35,36);3-9,11H,10,12H2,1-2H3,(H2,28,29,34,35);3-11H,12-13H2,1-2H3,(H2,27,28,31,32)/t27-;25-;23-;24-/m0000/s1.